The molecule has 0 aliphatic rings. The lowest BCUT2D eigenvalue weighted by Gasteiger charge is -2.20. The van der Waals surface area contributed by atoms with Crippen LogP contribution in [0.3, 0.4) is 0 Å². The average molecular weight is 469 g/mol. The molecule has 3 aromatic rings. The number of hydrogen-bond donors (Lipinski definition) is 5. The van der Waals surface area contributed by atoms with Gasteiger partial charge < -0.3 is 25.6 Å². The van der Waals surface area contributed by atoms with Crippen molar-refractivity contribution in [1.29, 1.82) is 0 Å². The van der Waals surface area contributed by atoms with Crippen molar-refractivity contribution in [3.8, 4) is 22.9 Å². The second-order valence-corrected chi connectivity index (χ2v) is 8.58. The van der Waals surface area contributed by atoms with E-state index in [1.165, 1.54) is 12.1 Å². The molecule has 0 spiro atoms. The Morgan fingerprint density at radius 1 is 1.15 bits per heavy atom. The highest BCUT2D eigenvalue weighted by Crippen LogP contribution is 2.24. The van der Waals surface area contributed by atoms with Gasteiger partial charge >= 0.3 is 6.09 Å². The Morgan fingerprint density at radius 2 is 1.88 bits per heavy atom. The Bertz CT molecular complexity index is 1130. The van der Waals surface area contributed by atoms with Crippen LogP contribution in [0.5, 0.6) is 11.5 Å². The Hall–Kier alpha value is -4.15. The van der Waals surface area contributed by atoms with E-state index in [0.29, 0.717) is 31.0 Å². The number of H-pyrrole nitrogens is 1. The van der Waals surface area contributed by atoms with Gasteiger partial charge in [0.05, 0.1) is 11.6 Å². The molecule has 5 N–H and O–H groups in total. The van der Waals surface area contributed by atoms with Crippen LogP contribution < -0.4 is 10.6 Å². The molecule has 34 heavy (non-hydrogen) atoms. The predicted octanol–water partition coefficient (Wildman–Crippen LogP) is 3.05. The largest absolute Gasteiger partial charge is 0.508 e. The molecule has 1 aromatic carbocycles. The van der Waals surface area contributed by atoms with E-state index in [9.17, 15) is 19.8 Å². The number of carbonyl (C=O) groups excluding carboxylic acids is 2. The zero-order valence-electron chi connectivity index (χ0n) is 19.2. The van der Waals surface area contributed by atoms with Gasteiger partial charge in [-0.15, -0.1) is 0 Å². The number of hydrogen-bond acceptors (Lipinski definition) is 8. The van der Waals surface area contributed by atoms with Gasteiger partial charge in [0, 0.05) is 30.6 Å². The summed E-state index contributed by atoms with van der Waals surface area (Å²) in [6, 6.07) is 6.66. The maximum atomic E-state index is 12.8. The third-order valence-electron chi connectivity index (χ3n) is 4.64. The van der Waals surface area contributed by atoms with Gasteiger partial charge in [0.15, 0.2) is 5.82 Å². The van der Waals surface area contributed by atoms with Crippen molar-refractivity contribution in [1.82, 2.24) is 30.8 Å². The number of aromatic nitrogens is 4. The summed E-state index contributed by atoms with van der Waals surface area (Å²) in [5.41, 5.74) is 0.157. The van der Waals surface area contributed by atoms with Gasteiger partial charge in [0.25, 0.3) is 5.91 Å². The van der Waals surface area contributed by atoms with Crippen molar-refractivity contribution >= 4 is 12.0 Å². The smallest absolute Gasteiger partial charge is 0.407 e. The SMILES string of the molecule is CC(C)(C)OC(=O)NCCCC(NC(=O)c1ccc(O)cc1O)c1nc(-c2ccncc2)n[nH]1. The Balaban J connectivity index is 1.72. The number of nitrogens with one attached hydrogen (secondary N) is 3. The fourth-order valence-electron chi connectivity index (χ4n) is 3.10. The molecule has 11 nitrogen and oxygen atoms in total. The van der Waals surface area contributed by atoms with E-state index in [4.69, 9.17) is 4.74 Å². The molecule has 11 heteroatoms. The standard InChI is InChI=1S/C23H28N6O5/c1-23(2,3)34-22(33)25-10-4-5-17(26-21(32)16-7-6-15(30)13-18(16)31)20-27-19(28-29-20)14-8-11-24-12-9-14/h6-9,11-13,17,30-31H,4-5,10H2,1-3H3,(H,25,33)(H,26,32)(H,27,28,29). The van der Waals surface area contributed by atoms with Crippen molar-refractivity contribution in [3.63, 3.8) is 0 Å². The van der Waals surface area contributed by atoms with Crippen LogP contribution in [0.1, 0.15) is 55.8 Å². The molecule has 0 saturated heterocycles. The van der Waals surface area contributed by atoms with Crippen LogP contribution in [0, 0.1) is 0 Å². The van der Waals surface area contributed by atoms with E-state index in [1.54, 1.807) is 45.3 Å². The molecule has 1 unspecified atom stereocenters. The molecule has 0 aliphatic carbocycles. The summed E-state index contributed by atoms with van der Waals surface area (Å²) in [6.07, 6.45) is 3.63. The Morgan fingerprint density at radius 3 is 2.56 bits per heavy atom. The van der Waals surface area contributed by atoms with E-state index in [1.807, 2.05) is 0 Å². The van der Waals surface area contributed by atoms with E-state index < -0.39 is 23.6 Å². The summed E-state index contributed by atoms with van der Waals surface area (Å²) in [7, 11) is 0. The van der Waals surface area contributed by atoms with Gasteiger partial charge in [-0.3, -0.25) is 14.9 Å². The van der Waals surface area contributed by atoms with Crippen molar-refractivity contribution in [2.45, 2.75) is 45.3 Å². The third kappa shape index (κ3) is 6.92. The number of ether oxygens (including phenoxy) is 1. The van der Waals surface area contributed by atoms with E-state index in [0.717, 1.165) is 11.6 Å². The van der Waals surface area contributed by atoms with Crippen LogP contribution in [-0.4, -0.2) is 54.5 Å². The summed E-state index contributed by atoms with van der Waals surface area (Å²) >= 11 is 0. The molecular weight excluding hydrogens is 440 g/mol. The summed E-state index contributed by atoms with van der Waals surface area (Å²) in [6.45, 7) is 5.65. The van der Waals surface area contributed by atoms with Crippen LogP contribution in [0.4, 0.5) is 4.79 Å². The number of alkyl carbamates (subject to hydrolysis) is 1. The first-order chi connectivity index (χ1) is 16.1. The highest BCUT2D eigenvalue weighted by molar-refractivity contribution is 5.97. The quantitative estimate of drug-likeness (QED) is 0.315. The molecule has 2 aromatic heterocycles. The highest BCUT2D eigenvalue weighted by atomic mass is 16.6. The third-order valence-corrected chi connectivity index (χ3v) is 4.64. The molecule has 2 amide bonds. The number of benzene rings is 1. The number of aromatic amines is 1. The number of phenolic OH excluding ortho intramolecular Hbond substituents is 2. The number of nitrogens with zero attached hydrogens (tertiary/aromatic N) is 3. The van der Waals surface area contributed by atoms with Gasteiger partial charge in [0.2, 0.25) is 0 Å². The number of amides is 2. The first-order valence-corrected chi connectivity index (χ1v) is 10.7. The summed E-state index contributed by atoms with van der Waals surface area (Å²) < 4.78 is 5.23. The van der Waals surface area contributed by atoms with E-state index in [-0.39, 0.29) is 17.1 Å². The number of carbonyl (C=O) groups is 2. The molecule has 2 heterocycles. The normalized spacial score (nSPS) is 12.1. The van der Waals surface area contributed by atoms with Crippen LogP contribution in [0.2, 0.25) is 0 Å². The second-order valence-electron chi connectivity index (χ2n) is 8.58. The van der Waals surface area contributed by atoms with E-state index in [2.05, 4.69) is 30.8 Å². The van der Waals surface area contributed by atoms with Crippen LogP contribution in [0.25, 0.3) is 11.4 Å². The van der Waals surface area contributed by atoms with Gasteiger partial charge in [-0.05, 0) is 57.9 Å². The molecule has 0 aliphatic heterocycles. The van der Waals surface area contributed by atoms with E-state index >= 15 is 0 Å². The maximum Gasteiger partial charge on any atom is 0.407 e. The fourth-order valence-corrected chi connectivity index (χ4v) is 3.10. The van der Waals surface area contributed by atoms with Crippen LogP contribution >= 0.6 is 0 Å². The Labute approximate surface area is 196 Å². The van der Waals surface area contributed by atoms with Crippen LogP contribution in [-0.2, 0) is 4.74 Å². The Kier molecular flexibility index (Phi) is 7.67. The van der Waals surface area contributed by atoms with Crippen molar-refractivity contribution in [2.75, 3.05) is 6.54 Å². The lowest BCUT2D eigenvalue weighted by Crippen LogP contribution is -2.34. The molecule has 1 atom stereocenters. The highest BCUT2D eigenvalue weighted by Gasteiger charge is 2.22. The molecule has 0 bridgehead atoms. The van der Waals surface area contributed by atoms with Crippen molar-refractivity contribution in [2.24, 2.45) is 0 Å². The lowest BCUT2D eigenvalue weighted by molar-refractivity contribution is 0.0526. The number of rotatable bonds is 8. The van der Waals surface area contributed by atoms with Gasteiger partial charge in [-0.2, -0.15) is 5.10 Å². The number of phenols is 2. The lowest BCUT2D eigenvalue weighted by atomic mass is 10.1. The summed E-state index contributed by atoms with van der Waals surface area (Å²) in [5.74, 6) is -0.204. The zero-order valence-corrected chi connectivity index (χ0v) is 19.2. The first kappa shape index (κ1) is 24.5. The molecule has 3 rings (SSSR count). The van der Waals surface area contributed by atoms with Gasteiger partial charge in [0.1, 0.15) is 22.9 Å². The summed E-state index contributed by atoms with van der Waals surface area (Å²) in [4.78, 5) is 33.2. The summed E-state index contributed by atoms with van der Waals surface area (Å²) in [5, 5.41) is 32.1. The second kappa shape index (κ2) is 10.6. The van der Waals surface area contributed by atoms with Crippen molar-refractivity contribution < 1.29 is 24.5 Å². The molecule has 0 saturated carbocycles. The van der Waals surface area contributed by atoms with Gasteiger partial charge in [-0.25, -0.2) is 9.78 Å². The first-order valence-electron chi connectivity index (χ1n) is 10.7. The topological polar surface area (TPSA) is 162 Å². The predicted molar refractivity (Wildman–Crippen MR) is 123 cm³/mol. The maximum absolute atomic E-state index is 12.8. The van der Waals surface area contributed by atoms with Crippen LogP contribution in [0.15, 0.2) is 42.7 Å². The number of pyridine rings is 1. The monoisotopic (exact) mass is 468 g/mol. The fraction of sp³-hybridized carbons (Fsp3) is 0.348. The van der Waals surface area contributed by atoms with Gasteiger partial charge in [-0.1, -0.05) is 0 Å². The number of aromatic hydroxyl groups is 2. The minimum absolute atomic E-state index is 0.00329. The molecule has 180 valence electrons. The molecular formula is C23H28N6O5. The zero-order chi connectivity index (χ0) is 24.7. The minimum Gasteiger partial charge on any atom is -0.508 e. The molecule has 0 radical (unpaired) electrons. The molecule has 0 fully saturated rings. The minimum atomic E-state index is -0.601. The van der Waals surface area contributed by atoms with Crippen molar-refractivity contribution in [3.05, 3.63) is 54.1 Å². The average Bonchev–Trinajstić information content (AvgIpc) is 3.25.